The molecule has 14 heteroatoms. The van der Waals surface area contributed by atoms with Gasteiger partial charge in [0.2, 0.25) is 17.7 Å². The number of amides is 3. The lowest BCUT2D eigenvalue weighted by molar-refractivity contribution is -0.146. The number of alkyl halides is 1. The summed E-state index contributed by atoms with van der Waals surface area (Å²) in [6, 6.07) is 16.5. The molecule has 3 aromatic carbocycles. The normalized spacial score (nSPS) is 19.9. The Labute approximate surface area is 414 Å². The molecule has 0 saturated carbocycles. The highest BCUT2D eigenvalue weighted by molar-refractivity contribution is 7.13. The zero-order chi connectivity index (χ0) is 50.5. The van der Waals surface area contributed by atoms with E-state index in [0.717, 1.165) is 56.8 Å². The molecule has 7 rings (SSSR count). The summed E-state index contributed by atoms with van der Waals surface area (Å²) in [5.74, 6) is -3.30. The molecule has 3 N–H and O–H groups in total. The summed E-state index contributed by atoms with van der Waals surface area (Å²) in [7, 11) is 0. The molecule has 1 aromatic heterocycles. The number of aromatic nitrogens is 1. The number of halogens is 3. The van der Waals surface area contributed by atoms with E-state index < -0.39 is 52.7 Å². The van der Waals surface area contributed by atoms with Gasteiger partial charge in [-0.15, -0.1) is 11.3 Å². The largest absolute Gasteiger partial charge is 0.391 e. The molecular formula is C56H68F3N5O5S. The lowest BCUT2D eigenvalue weighted by Gasteiger charge is -2.44. The number of Topliss-reactive ketones (excluding diaryl/α,β-unsaturated/α-hetero) is 1. The molecule has 0 unspecified atom stereocenters. The van der Waals surface area contributed by atoms with E-state index in [1.807, 2.05) is 93.6 Å². The number of nitrogens with one attached hydrogen (secondary N) is 2. The van der Waals surface area contributed by atoms with Crippen LogP contribution in [0.25, 0.3) is 22.1 Å². The van der Waals surface area contributed by atoms with Crippen molar-refractivity contribution in [3.63, 3.8) is 0 Å². The Morgan fingerprint density at radius 1 is 0.957 bits per heavy atom. The number of carbonyl (C=O) groups excluding carboxylic acids is 4. The van der Waals surface area contributed by atoms with Crippen LogP contribution in [0.4, 0.5) is 13.2 Å². The first-order valence-corrected chi connectivity index (χ1v) is 25.5. The van der Waals surface area contributed by atoms with E-state index in [2.05, 4.69) is 15.6 Å². The summed E-state index contributed by atoms with van der Waals surface area (Å²) in [4.78, 5) is 62.3. The smallest absolute Gasteiger partial charge is 0.243 e. The third kappa shape index (κ3) is 12.7. The number of aryl methyl sites for hydroxylation is 1. The first-order chi connectivity index (χ1) is 33.2. The lowest BCUT2D eigenvalue weighted by Crippen LogP contribution is -2.50. The van der Waals surface area contributed by atoms with E-state index in [1.165, 1.54) is 43.0 Å². The van der Waals surface area contributed by atoms with E-state index in [-0.39, 0.29) is 73.7 Å². The first-order valence-electron chi connectivity index (χ1n) is 24.7. The number of nitrogens with zero attached hydrogens (tertiary/aromatic N) is 3. The van der Waals surface area contributed by atoms with E-state index in [1.54, 1.807) is 11.3 Å². The fourth-order valence-electron chi connectivity index (χ4n) is 10.3. The number of fused-ring (bicyclic) bond motifs is 2. The monoisotopic (exact) mass is 979 g/mol. The average Bonchev–Trinajstić information content (AvgIpc) is 4.02. The van der Waals surface area contributed by atoms with E-state index in [4.69, 9.17) is 0 Å². The number of hydrogen-bond acceptors (Lipinski definition) is 8. The molecule has 374 valence electrons. The number of rotatable bonds is 19. The van der Waals surface area contributed by atoms with Crippen LogP contribution in [0.2, 0.25) is 0 Å². The van der Waals surface area contributed by atoms with Gasteiger partial charge < -0.3 is 20.6 Å². The van der Waals surface area contributed by atoms with Gasteiger partial charge in [0, 0.05) is 69.0 Å². The number of aliphatic hydroxyl groups is 1. The second-order valence-corrected chi connectivity index (χ2v) is 22.0. The van der Waals surface area contributed by atoms with Gasteiger partial charge in [-0.25, -0.2) is 18.2 Å². The molecule has 3 aliphatic rings. The minimum atomic E-state index is -1.59. The Kier molecular flexibility index (Phi) is 16.7. The van der Waals surface area contributed by atoms with Crippen LogP contribution in [0.3, 0.4) is 0 Å². The maximum absolute atomic E-state index is 16.1. The fraction of sp³-hybridized carbons (Fsp3) is 0.482. The second-order valence-electron chi connectivity index (χ2n) is 21.1. The summed E-state index contributed by atoms with van der Waals surface area (Å²) in [5.41, 5.74) is 6.77. The van der Waals surface area contributed by atoms with Crippen molar-refractivity contribution in [1.82, 2.24) is 25.4 Å². The number of ketones is 1. The molecule has 1 aliphatic carbocycles. The van der Waals surface area contributed by atoms with Crippen LogP contribution in [0, 0.1) is 29.9 Å². The SMILES string of the molecule is Cc1ncsc1-c1ccc(CNC(=O)[C@@H]2C[C@@H](O)CN2C(=O)[C@@H](CC(=O)CCCCCCNC(=O)/C=C/c2cc(F)c([C@@H]3C4=C(C[C@@H](C)N3CC(C)(C)F)c3ccccc3C4)c(F)c2)C(C)(C)C)cc1. The van der Waals surface area contributed by atoms with Gasteiger partial charge in [-0.1, -0.05) is 82.1 Å². The number of β-amino-alcohol motifs (C(OH)–C–C–N with tert-alkyl or cyclic N) is 1. The average molecular weight is 980 g/mol. The van der Waals surface area contributed by atoms with E-state index in [9.17, 15) is 24.3 Å². The number of unbranched alkanes of at least 4 members (excludes halogenated alkanes) is 3. The van der Waals surface area contributed by atoms with Gasteiger partial charge >= 0.3 is 0 Å². The molecule has 1 saturated heterocycles. The Balaban J connectivity index is 0.853. The molecule has 2 aliphatic heterocycles. The number of hydrogen-bond donors (Lipinski definition) is 3. The maximum atomic E-state index is 16.1. The van der Waals surface area contributed by atoms with E-state index >= 15 is 13.2 Å². The molecule has 3 heterocycles. The molecular weight excluding hydrogens is 912 g/mol. The van der Waals surface area contributed by atoms with Gasteiger partial charge in [-0.2, -0.15) is 0 Å². The van der Waals surface area contributed by atoms with Gasteiger partial charge in [0.05, 0.1) is 28.2 Å². The topological polar surface area (TPSA) is 132 Å². The van der Waals surface area contributed by atoms with Gasteiger partial charge in [0.1, 0.15) is 29.1 Å². The maximum Gasteiger partial charge on any atom is 0.243 e. The van der Waals surface area contributed by atoms with Crippen LogP contribution in [-0.2, 0) is 32.1 Å². The van der Waals surface area contributed by atoms with Crippen LogP contribution in [-0.4, -0.2) is 86.9 Å². The van der Waals surface area contributed by atoms with Crippen LogP contribution in [0.15, 0.2) is 77.8 Å². The zero-order valence-electron chi connectivity index (χ0n) is 41.5. The molecule has 5 atom stereocenters. The standard InChI is InChI=1S/C56H68F3N5O5S/c1-34-24-43-42-16-12-11-14-39(42)27-44(43)51(64(34)32-56(6,7)59)50-46(57)25-37(26-47(50)58)19-22-49(67)60-23-13-9-8-10-15-40(65)28-45(55(3,4)5)54(69)63-31-41(66)29-48(63)53(68)61-30-36-17-20-38(21-18-36)52-35(2)62-33-70-52/h11-12,14,16-22,25-26,33-34,41,45,48,51,66H,8-10,13,15,23-24,27-32H2,1-7H3,(H,60,67)(H,61,68)/b22-19+/t34-,41-,45-,48+,51+/m1/s1. The van der Waals surface area contributed by atoms with Crippen molar-refractivity contribution in [2.45, 2.75) is 143 Å². The summed E-state index contributed by atoms with van der Waals surface area (Å²) in [5, 5.41) is 16.4. The van der Waals surface area contributed by atoms with Gasteiger partial charge in [-0.3, -0.25) is 24.1 Å². The minimum Gasteiger partial charge on any atom is -0.391 e. The van der Waals surface area contributed by atoms with Gasteiger partial charge in [0.15, 0.2) is 0 Å². The molecule has 4 aromatic rings. The summed E-state index contributed by atoms with van der Waals surface area (Å²) >= 11 is 1.57. The Bertz CT molecular complexity index is 2590. The third-order valence-corrected chi connectivity index (χ3v) is 14.9. The van der Waals surface area contributed by atoms with Crippen LogP contribution >= 0.6 is 11.3 Å². The predicted molar refractivity (Wildman–Crippen MR) is 270 cm³/mol. The highest BCUT2D eigenvalue weighted by Gasteiger charge is 2.45. The van der Waals surface area contributed by atoms with Crippen molar-refractivity contribution in [2.75, 3.05) is 19.6 Å². The number of likely N-dealkylation sites (tertiary alicyclic amines) is 1. The fourth-order valence-corrected chi connectivity index (χ4v) is 11.1. The summed E-state index contributed by atoms with van der Waals surface area (Å²) < 4.78 is 47.5. The van der Waals surface area contributed by atoms with Crippen molar-refractivity contribution in [3.8, 4) is 10.4 Å². The molecule has 1 fully saturated rings. The van der Waals surface area contributed by atoms with Crippen molar-refractivity contribution in [1.29, 1.82) is 0 Å². The molecule has 70 heavy (non-hydrogen) atoms. The number of carbonyl (C=O) groups is 4. The predicted octanol–water partition coefficient (Wildman–Crippen LogP) is 10.3. The second kappa shape index (κ2) is 22.3. The third-order valence-electron chi connectivity index (χ3n) is 13.9. The molecule has 0 bridgehead atoms. The van der Waals surface area contributed by atoms with Crippen molar-refractivity contribution in [3.05, 3.63) is 123 Å². The van der Waals surface area contributed by atoms with Crippen LogP contribution in [0.1, 0.15) is 132 Å². The summed E-state index contributed by atoms with van der Waals surface area (Å²) in [6.07, 6.45) is 6.13. The quantitative estimate of drug-likeness (QED) is 0.0630. The zero-order valence-corrected chi connectivity index (χ0v) is 42.4. The summed E-state index contributed by atoms with van der Waals surface area (Å²) in [6.45, 7) is 13.3. The van der Waals surface area contributed by atoms with Crippen LogP contribution < -0.4 is 10.6 Å². The molecule has 0 radical (unpaired) electrons. The van der Waals surface area contributed by atoms with Gasteiger partial charge in [-0.05, 0) is 116 Å². The number of thiazole rings is 1. The van der Waals surface area contributed by atoms with Crippen LogP contribution in [0.5, 0.6) is 0 Å². The van der Waals surface area contributed by atoms with Gasteiger partial charge in [0.25, 0.3) is 0 Å². The Morgan fingerprint density at radius 3 is 2.33 bits per heavy atom. The Morgan fingerprint density at radius 2 is 1.66 bits per heavy atom. The molecule has 3 amide bonds. The highest BCUT2D eigenvalue weighted by Crippen LogP contribution is 2.50. The van der Waals surface area contributed by atoms with Crippen molar-refractivity contribution < 1.29 is 37.5 Å². The highest BCUT2D eigenvalue weighted by atomic mass is 32.1. The first kappa shape index (κ1) is 52.4. The number of benzene rings is 3. The van der Waals surface area contributed by atoms with Crippen molar-refractivity contribution >= 4 is 46.5 Å². The molecule has 0 spiro atoms. The minimum absolute atomic E-state index is 0.00841. The lowest BCUT2D eigenvalue weighted by atomic mass is 9.76. The molecule has 10 nitrogen and oxygen atoms in total. The van der Waals surface area contributed by atoms with Crippen molar-refractivity contribution in [2.24, 2.45) is 11.3 Å². The number of aliphatic hydroxyl groups excluding tert-OH is 1. The van der Waals surface area contributed by atoms with E-state index in [0.29, 0.717) is 32.2 Å². The Hall–Kier alpha value is -5.44.